The number of carbonyl (C=O) groups excluding carboxylic acids is 1. The summed E-state index contributed by atoms with van der Waals surface area (Å²) in [5, 5.41) is 37.8. The number of carbonyl (C=O) groups is 1. The van der Waals surface area contributed by atoms with Crippen molar-refractivity contribution in [2.24, 2.45) is 10.2 Å². The lowest BCUT2D eigenvalue weighted by Gasteiger charge is -2.11. The molecule has 2 aromatic heterocycles. The number of rotatable bonds is 6. The van der Waals surface area contributed by atoms with Gasteiger partial charge in [-0.25, -0.2) is 9.97 Å². The van der Waals surface area contributed by atoms with Crippen molar-refractivity contribution in [2.45, 2.75) is 6.92 Å². The zero-order chi connectivity index (χ0) is 26.6. The number of hydrogen-bond acceptors (Lipinski definition) is 9. The van der Waals surface area contributed by atoms with E-state index in [2.05, 4.69) is 36.7 Å². The largest absolute Gasteiger partial charge is 0.505 e. The van der Waals surface area contributed by atoms with E-state index in [1.807, 2.05) is 6.07 Å². The van der Waals surface area contributed by atoms with E-state index in [9.17, 15) is 15.2 Å². The number of benzene rings is 3. The number of phenols is 1. The number of aromatic nitrogens is 4. The van der Waals surface area contributed by atoms with E-state index in [1.54, 1.807) is 68.6 Å². The van der Waals surface area contributed by atoms with Crippen LogP contribution < -0.4 is 10.1 Å². The number of ether oxygens (including phenoxy) is 1. The van der Waals surface area contributed by atoms with Crippen LogP contribution >= 0.6 is 0 Å². The van der Waals surface area contributed by atoms with Gasteiger partial charge in [0.1, 0.15) is 23.1 Å². The van der Waals surface area contributed by atoms with Crippen LogP contribution in [0, 0.1) is 18.3 Å². The van der Waals surface area contributed by atoms with Crippen molar-refractivity contribution in [3.05, 3.63) is 89.9 Å². The molecule has 38 heavy (non-hydrogen) atoms. The molecule has 5 rings (SSSR count). The van der Waals surface area contributed by atoms with Crippen LogP contribution in [0.25, 0.3) is 16.7 Å². The summed E-state index contributed by atoms with van der Waals surface area (Å²) >= 11 is 0. The lowest BCUT2D eigenvalue weighted by Crippen LogP contribution is -2.12. The summed E-state index contributed by atoms with van der Waals surface area (Å²) in [4.78, 5) is 21.5. The van der Waals surface area contributed by atoms with Crippen LogP contribution in [0.5, 0.6) is 11.5 Å². The van der Waals surface area contributed by atoms with Crippen LogP contribution in [-0.2, 0) is 0 Å². The van der Waals surface area contributed by atoms with Gasteiger partial charge >= 0.3 is 0 Å². The summed E-state index contributed by atoms with van der Waals surface area (Å²) in [6.45, 7) is 1.66. The van der Waals surface area contributed by atoms with Crippen LogP contribution in [0.2, 0.25) is 0 Å². The van der Waals surface area contributed by atoms with Crippen molar-refractivity contribution < 1.29 is 14.6 Å². The third-order valence-corrected chi connectivity index (χ3v) is 5.72. The second kappa shape index (κ2) is 10.2. The highest BCUT2D eigenvalue weighted by Gasteiger charge is 2.21. The summed E-state index contributed by atoms with van der Waals surface area (Å²) in [5.41, 5.74) is 1.18. The number of fused-ring (bicyclic) bond motifs is 1. The maximum absolute atomic E-state index is 13.2. The van der Waals surface area contributed by atoms with Gasteiger partial charge in [0.15, 0.2) is 11.6 Å². The van der Waals surface area contributed by atoms with Crippen molar-refractivity contribution in [2.75, 3.05) is 12.4 Å². The van der Waals surface area contributed by atoms with Crippen molar-refractivity contribution in [1.82, 2.24) is 19.7 Å². The van der Waals surface area contributed by atoms with Gasteiger partial charge in [0.25, 0.3) is 11.9 Å². The number of phenolic OH excluding ortho intramolecular Hbond substituents is 1. The molecular weight excluding hydrogens is 484 g/mol. The summed E-state index contributed by atoms with van der Waals surface area (Å²) in [7, 11) is 1.55. The molecule has 1 amide bonds. The first kappa shape index (κ1) is 24.1. The van der Waals surface area contributed by atoms with Gasteiger partial charge in [-0.1, -0.05) is 24.3 Å². The van der Waals surface area contributed by atoms with Crippen molar-refractivity contribution in [3.63, 3.8) is 0 Å². The Morgan fingerprint density at radius 1 is 1.08 bits per heavy atom. The average molecular weight is 505 g/mol. The number of hydrogen-bond donors (Lipinski definition) is 2. The first-order chi connectivity index (χ1) is 18.5. The molecule has 0 atom stereocenters. The highest BCUT2D eigenvalue weighted by molar-refractivity contribution is 6.11. The summed E-state index contributed by atoms with van der Waals surface area (Å²) in [5.74, 6) is 0.0359. The van der Waals surface area contributed by atoms with E-state index in [0.717, 1.165) is 0 Å². The minimum Gasteiger partial charge on any atom is -0.505 e. The molecule has 0 aliphatic rings. The standard InChI is InChI=1S/C27H20N8O3/c1-16-22(15-28)25(35(34-16)27-29-12-5-13-30-27)33-32-23-20-7-4-3-6-17(20)14-21(24(23)36)26(37)31-18-8-10-19(38-2)11-9-18/h3-14,36H,1-2H3,(H,31,37)/b33-32+. The van der Waals surface area contributed by atoms with Crippen LogP contribution in [0.15, 0.2) is 83.3 Å². The fourth-order valence-electron chi connectivity index (χ4n) is 3.84. The molecule has 0 bridgehead atoms. The van der Waals surface area contributed by atoms with Crippen LogP contribution in [0.3, 0.4) is 0 Å². The first-order valence-electron chi connectivity index (χ1n) is 11.4. The third kappa shape index (κ3) is 4.49. The molecule has 0 saturated heterocycles. The topological polar surface area (TPSA) is 151 Å². The van der Waals surface area contributed by atoms with Gasteiger partial charge in [0, 0.05) is 23.5 Å². The lowest BCUT2D eigenvalue weighted by molar-refractivity contribution is 0.102. The summed E-state index contributed by atoms with van der Waals surface area (Å²) in [6.07, 6.45) is 3.08. The number of nitrogens with zero attached hydrogens (tertiary/aromatic N) is 7. The molecule has 0 aliphatic heterocycles. The number of aromatic hydroxyl groups is 1. The Hall–Kier alpha value is -5.63. The molecule has 0 spiro atoms. The molecule has 11 nitrogen and oxygen atoms in total. The van der Waals surface area contributed by atoms with E-state index in [1.165, 1.54) is 17.1 Å². The number of aryl methyl sites for hydroxylation is 1. The average Bonchev–Trinajstić information content (AvgIpc) is 3.27. The number of anilines is 1. The van der Waals surface area contributed by atoms with Crippen molar-refractivity contribution in [1.29, 1.82) is 5.26 Å². The second-order valence-corrected chi connectivity index (χ2v) is 8.08. The minimum absolute atomic E-state index is 0.00468. The molecule has 11 heteroatoms. The zero-order valence-electron chi connectivity index (χ0n) is 20.3. The third-order valence-electron chi connectivity index (χ3n) is 5.72. The molecule has 3 aromatic carbocycles. The second-order valence-electron chi connectivity index (χ2n) is 8.08. The molecule has 0 fully saturated rings. The maximum Gasteiger partial charge on any atom is 0.259 e. The van der Waals surface area contributed by atoms with Crippen molar-refractivity contribution >= 4 is 33.9 Å². The van der Waals surface area contributed by atoms with Crippen LogP contribution in [0.1, 0.15) is 21.6 Å². The van der Waals surface area contributed by atoms with E-state index in [4.69, 9.17) is 4.74 Å². The zero-order valence-corrected chi connectivity index (χ0v) is 20.3. The van der Waals surface area contributed by atoms with Gasteiger partial charge < -0.3 is 15.2 Å². The van der Waals surface area contributed by atoms with E-state index in [-0.39, 0.29) is 34.3 Å². The fourth-order valence-corrected chi connectivity index (χ4v) is 3.84. The molecule has 5 aromatic rings. The van der Waals surface area contributed by atoms with Crippen LogP contribution in [0.4, 0.5) is 17.2 Å². The Labute approximate surface area is 216 Å². The van der Waals surface area contributed by atoms with Crippen LogP contribution in [-0.4, -0.2) is 37.9 Å². The molecule has 186 valence electrons. The number of amides is 1. The van der Waals surface area contributed by atoms with Gasteiger partial charge in [-0.15, -0.1) is 10.2 Å². The summed E-state index contributed by atoms with van der Waals surface area (Å²) in [6, 6.07) is 19.3. The maximum atomic E-state index is 13.2. The first-order valence-corrected chi connectivity index (χ1v) is 11.4. The van der Waals surface area contributed by atoms with Gasteiger partial charge in [0.05, 0.1) is 18.4 Å². The van der Waals surface area contributed by atoms with Gasteiger partial charge in [-0.2, -0.15) is 15.0 Å². The number of nitrogens with one attached hydrogen (secondary N) is 1. The molecule has 0 unspecified atom stereocenters. The normalized spacial score (nSPS) is 11.0. The highest BCUT2D eigenvalue weighted by Crippen LogP contribution is 2.40. The SMILES string of the molecule is COc1ccc(NC(=O)c2cc3ccccc3c(/N=N/c3c(C#N)c(C)nn3-c3ncccn3)c2O)cc1. The number of azo groups is 1. The Balaban J connectivity index is 1.60. The highest BCUT2D eigenvalue weighted by atomic mass is 16.5. The predicted molar refractivity (Wildman–Crippen MR) is 139 cm³/mol. The van der Waals surface area contributed by atoms with E-state index in [0.29, 0.717) is 27.9 Å². The molecular formula is C27H20N8O3. The Kier molecular flexibility index (Phi) is 6.44. The molecule has 2 heterocycles. The number of nitriles is 1. The van der Waals surface area contributed by atoms with Gasteiger partial charge in [-0.3, -0.25) is 4.79 Å². The molecule has 2 N–H and O–H groups in total. The smallest absolute Gasteiger partial charge is 0.259 e. The van der Waals surface area contributed by atoms with E-state index >= 15 is 0 Å². The lowest BCUT2D eigenvalue weighted by atomic mass is 10.0. The van der Waals surface area contributed by atoms with Gasteiger partial charge in [-0.05, 0) is 48.7 Å². The van der Waals surface area contributed by atoms with Crippen molar-refractivity contribution in [3.8, 4) is 23.5 Å². The number of methoxy groups -OCH3 is 1. The quantitative estimate of drug-likeness (QED) is 0.295. The van der Waals surface area contributed by atoms with Gasteiger partial charge in [0.2, 0.25) is 0 Å². The molecule has 0 radical (unpaired) electrons. The Morgan fingerprint density at radius 2 is 1.82 bits per heavy atom. The molecule has 0 aliphatic carbocycles. The predicted octanol–water partition coefficient (Wildman–Crippen LogP) is 5.38. The minimum atomic E-state index is -0.536. The fraction of sp³-hybridized carbons (Fsp3) is 0.0741. The van der Waals surface area contributed by atoms with E-state index < -0.39 is 5.91 Å². The Bertz CT molecular complexity index is 1720. The molecule has 0 saturated carbocycles. The summed E-state index contributed by atoms with van der Waals surface area (Å²) < 4.78 is 6.45. The Morgan fingerprint density at radius 3 is 2.53 bits per heavy atom. The monoisotopic (exact) mass is 504 g/mol.